The molecule has 0 fully saturated rings. The van der Waals surface area contributed by atoms with Gasteiger partial charge in [0.1, 0.15) is 0 Å². The van der Waals surface area contributed by atoms with Crippen molar-refractivity contribution in [2.24, 2.45) is 0 Å². The number of methoxy groups -OCH3 is 1. The molecule has 0 N–H and O–H groups in total. The van der Waals surface area contributed by atoms with E-state index in [2.05, 4.69) is 19.2 Å². The van der Waals surface area contributed by atoms with E-state index in [9.17, 15) is 0 Å². The molecule has 0 aromatic rings. The summed E-state index contributed by atoms with van der Waals surface area (Å²) in [5.41, 5.74) is 3.33. The molecule has 0 aliphatic heterocycles. The topological polar surface area (TPSA) is 9.23 Å². The Morgan fingerprint density at radius 2 is 2.25 bits per heavy atom. The van der Waals surface area contributed by atoms with Gasteiger partial charge in [-0.3, -0.25) is 6.08 Å². The van der Waals surface area contributed by atoms with E-state index in [0.29, 0.717) is 0 Å². The summed E-state index contributed by atoms with van der Waals surface area (Å²) >= 11 is 0. The Morgan fingerprint density at radius 3 is 2.81 bits per heavy atom. The first-order valence-electron chi connectivity index (χ1n) is 5.03. The SMILES string of the molecule is C=C/C=C(/C)C(=C)C1=C(OC)C=[C-]CC1.[Ho]. The first kappa shape index (κ1) is 15.8. The summed E-state index contributed by atoms with van der Waals surface area (Å²) in [6.45, 7) is 9.81. The van der Waals surface area contributed by atoms with Crippen molar-refractivity contribution in [1.29, 1.82) is 0 Å². The summed E-state index contributed by atoms with van der Waals surface area (Å²) in [5.74, 6) is 0.878. The number of hydrogen-bond acceptors (Lipinski definition) is 1. The first-order valence-corrected chi connectivity index (χ1v) is 5.03. The van der Waals surface area contributed by atoms with Crippen molar-refractivity contribution in [3.05, 3.63) is 59.9 Å². The van der Waals surface area contributed by atoms with Crippen molar-refractivity contribution in [2.75, 3.05) is 7.11 Å². The van der Waals surface area contributed by atoms with Crippen LogP contribution in [0.25, 0.3) is 0 Å². The summed E-state index contributed by atoms with van der Waals surface area (Å²) in [6, 6.07) is 0. The minimum Gasteiger partial charge on any atom is -0.581 e. The second-order valence-corrected chi connectivity index (χ2v) is 3.46. The molecular weight excluding hydrogens is 349 g/mol. The Kier molecular flexibility index (Phi) is 7.82. The molecule has 0 saturated carbocycles. The van der Waals surface area contributed by atoms with E-state index < -0.39 is 0 Å². The monoisotopic (exact) mass is 366 g/mol. The van der Waals surface area contributed by atoms with Crippen LogP contribution in [-0.2, 0) is 4.74 Å². The molecule has 0 atom stereocenters. The van der Waals surface area contributed by atoms with Crippen molar-refractivity contribution < 1.29 is 42.5 Å². The molecule has 1 nitrogen and oxygen atoms in total. The molecule has 1 aliphatic carbocycles. The third kappa shape index (κ3) is 3.97. The molecule has 0 saturated heterocycles. The molecule has 1 aliphatic rings. The number of ether oxygens (including phenoxy) is 1. The van der Waals surface area contributed by atoms with Crippen LogP contribution in [-0.4, -0.2) is 7.11 Å². The molecule has 91 valence electrons. The maximum Gasteiger partial charge on any atom is 0.0532 e. The summed E-state index contributed by atoms with van der Waals surface area (Å²) < 4.78 is 5.30. The number of hydrogen-bond donors (Lipinski definition) is 0. The number of allylic oxidation sites excluding steroid dienone is 7. The molecule has 1 radical (unpaired) electrons. The normalized spacial score (nSPS) is 15.5. The minimum absolute atomic E-state index is 0. The van der Waals surface area contributed by atoms with Crippen LogP contribution in [0, 0.1) is 43.8 Å². The second-order valence-electron chi connectivity index (χ2n) is 3.46. The van der Waals surface area contributed by atoms with Gasteiger partial charge in [-0.15, -0.1) is 6.42 Å². The third-order valence-electron chi connectivity index (χ3n) is 2.48. The van der Waals surface area contributed by atoms with Gasteiger partial charge in [-0.05, 0) is 23.8 Å². The maximum absolute atomic E-state index is 5.30. The van der Waals surface area contributed by atoms with Crippen LogP contribution in [0.15, 0.2) is 53.9 Å². The quantitative estimate of drug-likeness (QED) is 0.419. The second kappa shape index (κ2) is 7.94. The van der Waals surface area contributed by atoms with Crippen LogP contribution in [0.5, 0.6) is 0 Å². The van der Waals surface area contributed by atoms with Gasteiger partial charge in [-0.2, -0.15) is 6.08 Å². The van der Waals surface area contributed by atoms with Crippen molar-refractivity contribution >= 4 is 0 Å². The van der Waals surface area contributed by atoms with Gasteiger partial charge in [0, 0.05) is 37.7 Å². The van der Waals surface area contributed by atoms with Crippen molar-refractivity contribution in [3.63, 3.8) is 0 Å². The van der Waals surface area contributed by atoms with Crippen LogP contribution >= 0.6 is 0 Å². The zero-order valence-electron chi connectivity index (χ0n) is 9.77. The van der Waals surface area contributed by atoms with Crippen LogP contribution in [0.1, 0.15) is 19.8 Å². The molecule has 2 heteroatoms. The zero-order valence-corrected chi connectivity index (χ0v) is 11.7. The average Bonchev–Trinajstić information content (AvgIpc) is 2.28. The van der Waals surface area contributed by atoms with Crippen molar-refractivity contribution in [3.8, 4) is 0 Å². The zero-order chi connectivity index (χ0) is 11.3. The third-order valence-corrected chi connectivity index (χ3v) is 2.48. The predicted octanol–water partition coefficient (Wildman–Crippen LogP) is 3.73. The van der Waals surface area contributed by atoms with E-state index in [1.54, 1.807) is 13.2 Å². The Bertz CT molecular complexity index is 359. The van der Waals surface area contributed by atoms with Gasteiger partial charge in [0.25, 0.3) is 0 Å². The van der Waals surface area contributed by atoms with E-state index >= 15 is 0 Å². The van der Waals surface area contributed by atoms with Gasteiger partial charge >= 0.3 is 0 Å². The number of rotatable bonds is 4. The fourth-order valence-electron chi connectivity index (χ4n) is 1.57. The molecule has 16 heavy (non-hydrogen) atoms. The summed E-state index contributed by atoms with van der Waals surface area (Å²) in [4.78, 5) is 0. The Morgan fingerprint density at radius 1 is 1.56 bits per heavy atom. The van der Waals surface area contributed by atoms with Crippen LogP contribution in [0.4, 0.5) is 0 Å². The summed E-state index contributed by atoms with van der Waals surface area (Å²) in [6.07, 6.45) is 10.7. The molecule has 0 aromatic heterocycles. The summed E-state index contributed by atoms with van der Waals surface area (Å²) in [7, 11) is 1.68. The molecule has 0 aromatic carbocycles. The minimum atomic E-state index is 0. The van der Waals surface area contributed by atoms with Gasteiger partial charge in [0.2, 0.25) is 0 Å². The molecule has 0 unspecified atom stereocenters. The molecule has 0 heterocycles. The Labute approximate surface area is 128 Å². The van der Waals surface area contributed by atoms with E-state index in [0.717, 1.165) is 29.7 Å². The first-order chi connectivity index (χ1) is 7.20. The van der Waals surface area contributed by atoms with Crippen molar-refractivity contribution in [1.82, 2.24) is 0 Å². The molecule has 0 spiro atoms. The van der Waals surface area contributed by atoms with Gasteiger partial charge in [-0.25, -0.2) is 0 Å². The van der Waals surface area contributed by atoms with E-state index in [1.807, 2.05) is 19.1 Å². The maximum atomic E-state index is 5.30. The molecule has 1 rings (SSSR count). The van der Waals surface area contributed by atoms with Gasteiger partial charge in [0.15, 0.2) is 0 Å². The van der Waals surface area contributed by atoms with Gasteiger partial charge in [-0.1, -0.05) is 37.3 Å². The van der Waals surface area contributed by atoms with Gasteiger partial charge < -0.3 is 4.74 Å². The fourth-order valence-corrected chi connectivity index (χ4v) is 1.57. The van der Waals surface area contributed by atoms with E-state index in [4.69, 9.17) is 4.74 Å². The van der Waals surface area contributed by atoms with E-state index in [1.165, 1.54) is 5.57 Å². The van der Waals surface area contributed by atoms with Crippen LogP contribution in [0.2, 0.25) is 0 Å². The van der Waals surface area contributed by atoms with Crippen LogP contribution in [0.3, 0.4) is 0 Å². The fraction of sp³-hybridized carbons (Fsp3) is 0.286. The predicted molar refractivity (Wildman–Crippen MR) is 64.2 cm³/mol. The van der Waals surface area contributed by atoms with Crippen molar-refractivity contribution in [2.45, 2.75) is 19.8 Å². The molecule has 0 amide bonds. The standard InChI is InChI=1S/C14H17O.Ho/c1-5-8-11(2)12(3)13-9-6-7-10-14(13)15-4;/h5,8,10H,1,3,6,9H2,2,4H3;/q-1;/b11-8-;. The Balaban J connectivity index is 0.00000225. The van der Waals surface area contributed by atoms with Crippen LogP contribution < -0.4 is 0 Å². The Hall–Kier alpha value is -0.240. The summed E-state index contributed by atoms with van der Waals surface area (Å²) in [5, 5.41) is 0. The smallest absolute Gasteiger partial charge is 0.0532 e. The van der Waals surface area contributed by atoms with E-state index in [-0.39, 0.29) is 37.7 Å². The largest absolute Gasteiger partial charge is 0.581 e. The average molecular weight is 366 g/mol. The van der Waals surface area contributed by atoms with Gasteiger partial charge in [0.05, 0.1) is 7.11 Å². The molecular formula is C14H17HoO-. The molecule has 0 bridgehead atoms.